The van der Waals surface area contributed by atoms with Gasteiger partial charge >= 0.3 is 5.97 Å². The van der Waals surface area contributed by atoms with Crippen LogP contribution < -0.4 is 4.74 Å². The normalized spacial score (nSPS) is 9.94. The van der Waals surface area contributed by atoms with Crippen LogP contribution >= 0.6 is 0 Å². The zero-order valence-corrected chi connectivity index (χ0v) is 8.83. The fraction of sp³-hybridized carbons (Fsp3) is 0.300. The molecular formula is C10H11NO6. The monoisotopic (exact) mass is 241 g/mol. The summed E-state index contributed by atoms with van der Waals surface area (Å²) in [5.41, 5.74) is -0.900. The maximum atomic E-state index is 10.8. The van der Waals surface area contributed by atoms with Crippen molar-refractivity contribution in [1.29, 1.82) is 0 Å². The maximum Gasteiger partial charge on any atom is 0.342 e. The molecular weight excluding hydrogens is 230 g/mol. The van der Waals surface area contributed by atoms with E-state index in [1.165, 1.54) is 6.07 Å². The van der Waals surface area contributed by atoms with Gasteiger partial charge in [0.1, 0.15) is 11.3 Å². The summed E-state index contributed by atoms with van der Waals surface area (Å²) in [5.74, 6) is -1.16. The molecule has 17 heavy (non-hydrogen) atoms. The van der Waals surface area contributed by atoms with Crippen molar-refractivity contribution in [2.24, 2.45) is 0 Å². The highest BCUT2D eigenvalue weighted by molar-refractivity contribution is 5.92. The van der Waals surface area contributed by atoms with Crippen molar-refractivity contribution in [3.05, 3.63) is 33.9 Å². The minimum Gasteiger partial charge on any atom is -0.493 e. The predicted molar refractivity (Wildman–Crippen MR) is 57.3 cm³/mol. The Balaban J connectivity index is 2.94. The lowest BCUT2D eigenvalue weighted by molar-refractivity contribution is -0.385. The first-order valence-corrected chi connectivity index (χ1v) is 4.81. The highest BCUT2D eigenvalue weighted by Gasteiger charge is 2.20. The molecule has 0 fully saturated rings. The number of nitro groups is 1. The minimum absolute atomic E-state index is 0.0429. The summed E-state index contributed by atoms with van der Waals surface area (Å²) in [6, 6.07) is 3.50. The van der Waals surface area contributed by atoms with Crippen LogP contribution in [0.4, 0.5) is 5.69 Å². The van der Waals surface area contributed by atoms with Gasteiger partial charge in [0.25, 0.3) is 5.69 Å². The Morgan fingerprint density at radius 3 is 2.71 bits per heavy atom. The first-order valence-electron chi connectivity index (χ1n) is 4.81. The number of benzene rings is 1. The Kier molecular flexibility index (Phi) is 4.41. The van der Waals surface area contributed by atoms with E-state index in [0.717, 1.165) is 12.1 Å². The molecule has 1 aromatic carbocycles. The second kappa shape index (κ2) is 5.80. The smallest absolute Gasteiger partial charge is 0.342 e. The second-order valence-corrected chi connectivity index (χ2v) is 3.17. The first-order chi connectivity index (χ1) is 8.06. The number of nitro benzene ring substituents is 1. The molecule has 0 bridgehead atoms. The van der Waals surface area contributed by atoms with Crippen molar-refractivity contribution in [3.8, 4) is 5.75 Å². The van der Waals surface area contributed by atoms with Gasteiger partial charge in [-0.1, -0.05) is 0 Å². The van der Waals surface area contributed by atoms with Gasteiger partial charge in [0, 0.05) is 25.2 Å². The fourth-order valence-corrected chi connectivity index (χ4v) is 1.19. The predicted octanol–water partition coefficient (Wildman–Crippen LogP) is 1.05. The van der Waals surface area contributed by atoms with Gasteiger partial charge in [-0.05, 0) is 6.07 Å². The van der Waals surface area contributed by atoms with E-state index in [1.807, 2.05) is 0 Å². The van der Waals surface area contributed by atoms with Gasteiger partial charge in [-0.3, -0.25) is 10.1 Å². The number of aliphatic hydroxyl groups is 1. The summed E-state index contributed by atoms with van der Waals surface area (Å²) in [4.78, 5) is 20.6. The van der Waals surface area contributed by atoms with Gasteiger partial charge in [0.15, 0.2) is 0 Å². The van der Waals surface area contributed by atoms with Crippen LogP contribution in [0.15, 0.2) is 18.2 Å². The van der Waals surface area contributed by atoms with E-state index < -0.39 is 22.1 Å². The standard InChI is InChI=1S/C10H11NO6/c12-4-1-5-17-7-2-3-9(11(15)16)8(6-7)10(13)14/h2-3,6,12H,1,4-5H2,(H,13,14). The zero-order valence-electron chi connectivity index (χ0n) is 8.83. The van der Waals surface area contributed by atoms with Gasteiger partial charge in [-0.2, -0.15) is 0 Å². The third-order valence-electron chi connectivity index (χ3n) is 1.97. The van der Waals surface area contributed by atoms with Crippen LogP contribution in [0.25, 0.3) is 0 Å². The Bertz CT molecular complexity index is 431. The molecule has 0 aliphatic heterocycles. The average molecular weight is 241 g/mol. The number of aromatic carboxylic acids is 1. The lowest BCUT2D eigenvalue weighted by atomic mass is 10.1. The van der Waals surface area contributed by atoms with E-state index in [1.54, 1.807) is 0 Å². The molecule has 7 heteroatoms. The SMILES string of the molecule is O=C(O)c1cc(OCCCO)ccc1[N+](=O)[O-]. The van der Waals surface area contributed by atoms with Crippen LogP contribution in [-0.2, 0) is 0 Å². The number of hydrogen-bond donors (Lipinski definition) is 2. The summed E-state index contributed by atoms with van der Waals surface area (Å²) in [7, 11) is 0. The van der Waals surface area contributed by atoms with Crippen molar-refractivity contribution in [3.63, 3.8) is 0 Å². The highest BCUT2D eigenvalue weighted by Crippen LogP contribution is 2.24. The second-order valence-electron chi connectivity index (χ2n) is 3.17. The van der Waals surface area contributed by atoms with Crippen molar-refractivity contribution >= 4 is 11.7 Å². The Labute approximate surface area is 96.4 Å². The van der Waals surface area contributed by atoms with E-state index in [-0.39, 0.29) is 19.0 Å². The molecule has 0 atom stereocenters. The Hall–Kier alpha value is -2.15. The summed E-state index contributed by atoms with van der Waals surface area (Å²) in [5, 5.41) is 27.9. The Morgan fingerprint density at radius 1 is 1.47 bits per heavy atom. The van der Waals surface area contributed by atoms with Crippen LogP contribution in [0.3, 0.4) is 0 Å². The number of rotatable bonds is 6. The van der Waals surface area contributed by atoms with Crippen LogP contribution in [0.2, 0.25) is 0 Å². The average Bonchev–Trinajstić information content (AvgIpc) is 2.29. The van der Waals surface area contributed by atoms with Crippen LogP contribution in [0, 0.1) is 10.1 Å². The molecule has 0 amide bonds. The van der Waals surface area contributed by atoms with E-state index in [2.05, 4.69) is 0 Å². The molecule has 0 saturated heterocycles. The summed E-state index contributed by atoms with van der Waals surface area (Å²) in [6.07, 6.45) is 0.402. The largest absolute Gasteiger partial charge is 0.493 e. The van der Waals surface area contributed by atoms with Crippen LogP contribution in [0.5, 0.6) is 5.75 Å². The highest BCUT2D eigenvalue weighted by atomic mass is 16.6. The van der Waals surface area contributed by atoms with Gasteiger partial charge in [-0.15, -0.1) is 0 Å². The van der Waals surface area contributed by atoms with E-state index >= 15 is 0 Å². The molecule has 2 N–H and O–H groups in total. The molecule has 7 nitrogen and oxygen atoms in total. The van der Waals surface area contributed by atoms with E-state index in [9.17, 15) is 14.9 Å². The third-order valence-corrected chi connectivity index (χ3v) is 1.97. The van der Waals surface area contributed by atoms with Crippen molar-refractivity contribution < 1.29 is 24.7 Å². The number of aliphatic hydroxyl groups excluding tert-OH is 1. The topological polar surface area (TPSA) is 110 Å². The lowest BCUT2D eigenvalue weighted by Crippen LogP contribution is -2.05. The maximum absolute atomic E-state index is 10.8. The fourth-order valence-electron chi connectivity index (χ4n) is 1.19. The van der Waals surface area contributed by atoms with E-state index in [4.69, 9.17) is 14.9 Å². The number of nitrogens with zero attached hydrogens (tertiary/aromatic N) is 1. The first kappa shape index (κ1) is 12.9. The summed E-state index contributed by atoms with van der Waals surface area (Å²) in [6.45, 7) is 0.173. The molecule has 0 radical (unpaired) electrons. The van der Waals surface area contributed by atoms with Crippen molar-refractivity contribution in [1.82, 2.24) is 0 Å². The third kappa shape index (κ3) is 3.42. The molecule has 92 valence electrons. The number of carboxylic acid groups (broad SMARTS) is 1. The molecule has 0 saturated carbocycles. The van der Waals surface area contributed by atoms with Gasteiger partial charge < -0.3 is 14.9 Å². The number of hydrogen-bond acceptors (Lipinski definition) is 5. The summed E-state index contributed by atoms with van der Waals surface area (Å²) < 4.78 is 5.13. The number of ether oxygens (including phenoxy) is 1. The molecule has 0 aromatic heterocycles. The van der Waals surface area contributed by atoms with Crippen LogP contribution in [0.1, 0.15) is 16.8 Å². The van der Waals surface area contributed by atoms with Crippen LogP contribution in [-0.4, -0.2) is 34.3 Å². The van der Waals surface area contributed by atoms with E-state index in [0.29, 0.717) is 6.42 Å². The lowest BCUT2D eigenvalue weighted by Gasteiger charge is -2.06. The van der Waals surface area contributed by atoms with Gasteiger partial charge in [-0.25, -0.2) is 4.79 Å². The van der Waals surface area contributed by atoms with Crippen molar-refractivity contribution in [2.75, 3.05) is 13.2 Å². The van der Waals surface area contributed by atoms with Crippen molar-refractivity contribution in [2.45, 2.75) is 6.42 Å². The minimum atomic E-state index is -1.38. The quantitative estimate of drug-likeness (QED) is 0.437. The van der Waals surface area contributed by atoms with Gasteiger partial charge in [0.05, 0.1) is 11.5 Å². The van der Waals surface area contributed by atoms with Gasteiger partial charge in [0.2, 0.25) is 0 Å². The Morgan fingerprint density at radius 2 is 2.18 bits per heavy atom. The number of carbonyl (C=O) groups is 1. The summed E-state index contributed by atoms with van der Waals surface area (Å²) >= 11 is 0. The molecule has 0 spiro atoms. The zero-order chi connectivity index (χ0) is 12.8. The number of carboxylic acids is 1. The molecule has 1 rings (SSSR count). The molecule has 1 aromatic rings. The molecule has 0 heterocycles. The molecule has 0 aliphatic rings. The molecule has 0 aliphatic carbocycles. The molecule has 0 unspecified atom stereocenters.